The zero-order valence-corrected chi connectivity index (χ0v) is 20.5. The molecule has 0 atom stereocenters. The highest BCUT2D eigenvalue weighted by Gasteiger charge is 2.27. The molecule has 178 valence electrons. The van der Waals surface area contributed by atoms with Crippen molar-refractivity contribution in [2.75, 3.05) is 26.3 Å². The number of hydrogen-bond acceptors (Lipinski definition) is 7. The molecule has 0 unspecified atom stereocenters. The molecule has 3 heterocycles. The first-order valence-electron chi connectivity index (χ1n) is 11.2. The minimum absolute atomic E-state index is 0.267. The molecule has 1 N–H and O–H groups in total. The maximum Gasteiger partial charge on any atom is 0.243 e. The molecule has 0 saturated carbocycles. The Balaban J connectivity index is 1.40. The average molecular weight is 499 g/mol. The average Bonchev–Trinajstić information content (AvgIpc) is 3.48. The molecule has 1 aliphatic heterocycles. The zero-order chi connectivity index (χ0) is 23.5. The van der Waals surface area contributed by atoms with E-state index in [1.54, 1.807) is 12.1 Å². The number of sulfonamides is 1. The third-order valence-electron chi connectivity index (χ3n) is 5.70. The minimum atomic E-state index is -3.57. The van der Waals surface area contributed by atoms with E-state index in [0.29, 0.717) is 42.7 Å². The van der Waals surface area contributed by atoms with Gasteiger partial charge in [-0.05, 0) is 24.6 Å². The number of benzene rings is 2. The lowest BCUT2D eigenvalue weighted by Gasteiger charge is -2.26. The van der Waals surface area contributed by atoms with Crippen LogP contribution < -0.4 is 0 Å². The maximum absolute atomic E-state index is 13.1. The van der Waals surface area contributed by atoms with Gasteiger partial charge in [-0.25, -0.2) is 18.4 Å². The molecular formula is C23H26N6O3S2. The second kappa shape index (κ2) is 9.87. The first-order chi connectivity index (χ1) is 16.6. The number of aryl methyl sites for hydroxylation is 1. The van der Waals surface area contributed by atoms with Gasteiger partial charge in [0.2, 0.25) is 15.2 Å². The standard InChI is InChI=1S/C23H26N6O3S2/c1-2-10-29-20-9-8-18(34(30,31)28-11-13-32-14-12-28)15-19(20)24-21(29)16-33-23-25-22(26-27-23)17-6-4-3-5-7-17/h3-9,15H,2,10-14,16H2,1H3,(H,25,26,27). The van der Waals surface area contributed by atoms with Crippen molar-refractivity contribution in [1.82, 2.24) is 29.0 Å². The minimum Gasteiger partial charge on any atom is -0.379 e. The van der Waals surface area contributed by atoms with Gasteiger partial charge < -0.3 is 9.30 Å². The summed E-state index contributed by atoms with van der Waals surface area (Å²) in [5.74, 6) is 2.17. The number of nitrogens with zero attached hydrogens (tertiary/aromatic N) is 5. The molecule has 0 amide bonds. The Morgan fingerprint density at radius 3 is 2.65 bits per heavy atom. The van der Waals surface area contributed by atoms with Crippen molar-refractivity contribution in [2.45, 2.75) is 35.7 Å². The molecule has 2 aromatic heterocycles. The van der Waals surface area contributed by atoms with Crippen molar-refractivity contribution in [3.8, 4) is 11.4 Å². The number of ether oxygens (including phenoxy) is 1. The van der Waals surface area contributed by atoms with Crippen molar-refractivity contribution >= 4 is 32.8 Å². The molecule has 0 bridgehead atoms. The number of morpholine rings is 1. The number of nitrogens with one attached hydrogen (secondary N) is 1. The molecule has 1 fully saturated rings. The molecule has 34 heavy (non-hydrogen) atoms. The summed E-state index contributed by atoms with van der Waals surface area (Å²) < 4.78 is 35.1. The molecule has 0 aliphatic carbocycles. The van der Waals surface area contributed by atoms with Crippen LogP contribution in [0.4, 0.5) is 0 Å². The quantitative estimate of drug-likeness (QED) is 0.370. The van der Waals surface area contributed by atoms with E-state index in [1.807, 2.05) is 36.4 Å². The van der Waals surface area contributed by atoms with E-state index < -0.39 is 10.0 Å². The molecule has 4 aromatic rings. The summed E-state index contributed by atoms with van der Waals surface area (Å²) in [6, 6.07) is 15.1. The van der Waals surface area contributed by atoms with Crippen LogP contribution in [0.25, 0.3) is 22.4 Å². The van der Waals surface area contributed by atoms with Crippen molar-refractivity contribution in [3.63, 3.8) is 0 Å². The van der Waals surface area contributed by atoms with Gasteiger partial charge >= 0.3 is 0 Å². The van der Waals surface area contributed by atoms with Crippen molar-refractivity contribution in [3.05, 3.63) is 54.4 Å². The number of aromatic nitrogens is 5. The molecule has 0 radical (unpaired) electrons. The number of fused-ring (bicyclic) bond motifs is 1. The van der Waals surface area contributed by atoms with Crippen LogP contribution in [0.15, 0.2) is 58.6 Å². The van der Waals surface area contributed by atoms with E-state index in [2.05, 4.69) is 26.7 Å². The van der Waals surface area contributed by atoms with Crippen molar-refractivity contribution < 1.29 is 13.2 Å². The van der Waals surface area contributed by atoms with E-state index in [9.17, 15) is 8.42 Å². The van der Waals surface area contributed by atoms with Gasteiger partial charge in [0.25, 0.3) is 0 Å². The molecule has 0 spiro atoms. The van der Waals surface area contributed by atoms with Crippen LogP contribution in [0, 0.1) is 0 Å². The molecule has 5 rings (SSSR count). The van der Waals surface area contributed by atoms with Gasteiger partial charge in [0.05, 0.1) is 34.9 Å². The Bertz CT molecular complexity index is 1380. The van der Waals surface area contributed by atoms with E-state index in [1.165, 1.54) is 16.1 Å². The number of H-pyrrole nitrogens is 1. The smallest absolute Gasteiger partial charge is 0.243 e. The van der Waals surface area contributed by atoms with E-state index in [4.69, 9.17) is 9.72 Å². The summed E-state index contributed by atoms with van der Waals surface area (Å²) in [5.41, 5.74) is 2.59. The summed E-state index contributed by atoms with van der Waals surface area (Å²) in [6.45, 7) is 4.48. The van der Waals surface area contributed by atoms with Crippen LogP contribution in [0.1, 0.15) is 19.2 Å². The van der Waals surface area contributed by atoms with Crippen molar-refractivity contribution in [2.24, 2.45) is 0 Å². The molecule has 9 nitrogen and oxygen atoms in total. The van der Waals surface area contributed by atoms with Crippen molar-refractivity contribution in [1.29, 1.82) is 0 Å². The lowest BCUT2D eigenvalue weighted by Crippen LogP contribution is -2.40. The third-order valence-corrected chi connectivity index (χ3v) is 8.43. The van der Waals surface area contributed by atoms with Gasteiger partial charge in [0, 0.05) is 25.2 Å². The summed E-state index contributed by atoms with van der Waals surface area (Å²) >= 11 is 1.50. The number of aromatic amines is 1. The second-order valence-electron chi connectivity index (χ2n) is 7.97. The van der Waals surface area contributed by atoms with E-state index in [0.717, 1.165) is 35.7 Å². The van der Waals surface area contributed by atoms with Crippen LogP contribution in [-0.4, -0.2) is 63.8 Å². The Kier molecular flexibility index (Phi) is 6.68. The molecule has 2 aromatic carbocycles. The number of hydrogen-bond donors (Lipinski definition) is 1. The molecular weight excluding hydrogens is 472 g/mol. The number of rotatable bonds is 8. The summed E-state index contributed by atoms with van der Waals surface area (Å²) in [6.07, 6.45) is 0.940. The lowest BCUT2D eigenvalue weighted by atomic mass is 10.2. The zero-order valence-electron chi connectivity index (χ0n) is 18.8. The van der Waals surface area contributed by atoms with E-state index >= 15 is 0 Å². The number of imidazole rings is 1. The van der Waals surface area contributed by atoms with Gasteiger partial charge in [-0.3, -0.25) is 5.10 Å². The summed E-state index contributed by atoms with van der Waals surface area (Å²) in [5, 5.41) is 7.96. The van der Waals surface area contributed by atoms with Gasteiger partial charge in [-0.15, -0.1) is 5.10 Å². The van der Waals surface area contributed by atoms with Crippen LogP contribution in [-0.2, 0) is 27.1 Å². The predicted octanol–water partition coefficient (Wildman–Crippen LogP) is 3.54. The first-order valence-corrected chi connectivity index (χ1v) is 13.7. The summed E-state index contributed by atoms with van der Waals surface area (Å²) in [4.78, 5) is 9.65. The SMILES string of the molecule is CCCn1c(CSc2n[nH]c(-c3ccccc3)n2)nc2cc(S(=O)(=O)N3CCOCC3)ccc21. The van der Waals surface area contributed by atoms with Gasteiger partial charge in [-0.2, -0.15) is 4.31 Å². The molecule has 1 aliphatic rings. The Hall–Kier alpha value is -2.73. The summed E-state index contributed by atoms with van der Waals surface area (Å²) in [7, 11) is -3.57. The van der Waals surface area contributed by atoms with Crippen LogP contribution >= 0.6 is 11.8 Å². The maximum atomic E-state index is 13.1. The molecule has 11 heteroatoms. The highest BCUT2D eigenvalue weighted by atomic mass is 32.2. The Morgan fingerprint density at radius 1 is 1.09 bits per heavy atom. The largest absolute Gasteiger partial charge is 0.379 e. The van der Waals surface area contributed by atoms with Crippen LogP contribution in [0.2, 0.25) is 0 Å². The fraction of sp³-hybridized carbons (Fsp3) is 0.348. The van der Waals surface area contributed by atoms with Gasteiger partial charge in [0.1, 0.15) is 5.82 Å². The van der Waals surface area contributed by atoms with E-state index in [-0.39, 0.29) is 4.90 Å². The highest BCUT2D eigenvalue weighted by molar-refractivity contribution is 7.98. The second-order valence-corrected chi connectivity index (χ2v) is 10.8. The third kappa shape index (κ3) is 4.61. The fourth-order valence-electron chi connectivity index (χ4n) is 4.00. The Labute approximate surface area is 202 Å². The number of thioether (sulfide) groups is 1. The highest BCUT2D eigenvalue weighted by Crippen LogP contribution is 2.27. The predicted molar refractivity (Wildman–Crippen MR) is 131 cm³/mol. The monoisotopic (exact) mass is 498 g/mol. The topological polar surface area (TPSA) is 106 Å². The molecule has 1 saturated heterocycles. The normalized spacial score (nSPS) is 15.2. The first kappa shape index (κ1) is 23.0. The van der Waals surface area contributed by atoms with Gasteiger partial charge in [-0.1, -0.05) is 49.0 Å². The Morgan fingerprint density at radius 2 is 1.88 bits per heavy atom. The van der Waals surface area contributed by atoms with Crippen LogP contribution in [0.3, 0.4) is 0 Å². The fourth-order valence-corrected chi connectivity index (χ4v) is 6.18. The van der Waals surface area contributed by atoms with Gasteiger partial charge in [0.15, 0.2) is 5.82 Å². The lowest BCUT2D eigenvalue weighted by molar-refractivity contribution is 0.0730. The van der Waals surface area contributed by atoms with Crippen LogP contribution in [0.5, 0.6) is 0 Å².